The molecule has 1 aromatic rings. The van der Waals surface area contributed by atoms with Crippen LogP contribution >= 0.6 is 0 Å². The molecular weight excluding hydrogens is 228 g/mol. The first kappa shape index (κ1) is 11.6. The van der Waals surface area contributed by atoms with Gasteiger partial charge in [0.25, 0.3) is 0 Å². The molecule has 0 amide bonds. The van der Waals surface area contributed by atoms with Crippen LogP contribution in [0.4, 0.5) is 0 Å². The second-order valence-corrected chi connectivity index (χ2v) is 5.93. The molecule has 0 aromatic heterocycles. The van der Waals surface area contributed by atoms with Gasteiger partial charge in [0.1, 0.15) is 0 Å². The van der Waals surface area contributed by atoms with Gasteiger partial charge in [0.2, 0.25) is 0 Å². The fraction of sp³-hybridized carbons (Fsp3) is 0.455. The Hall–Kier alpha value is -0.910. The van der Waals surface area contributed by atoms with E-state index in [0.717, 1.165) is 0 Å². The number of hydrogen-bond donors (Lipinski definition) is 1. The lowest BCUT2D eigenvalue weighted by molar-refractivity contribution is 0.0812. The molecule has 2 rings (SSSR count). The van der Waals surface area contributed by atoms with E-state index in [9.17, 15) is 8.42 Å². The third-order valence-electron chi connectivity index (χ3n) is 2.57. The predicted octanol–water partition coefficient (Wildman–Crippen LogP) is 0.610. The lowest BCUT2D eigenvalue weighted by atomic mass is 10.4. The topological polar surface area (TPSA) is 63.6 Å². The molecule has 0 heterocycles. The summed E-state index contributed by atoms with van der Waals surface area (Å²) >= 11 is 0. The van der Waals surface area contributed by atoms with Crippen molar-refractivity contribution in [1.82, 2.24) is 0 Å². The van der Waals surface area contributed by atoms with Crippen LogP contribution in [0.3, 0.4) is 0 Å². The fourth-order valence-corrected chi connectivity index (χ4v) is 3.45. The lowest BCUT2D eigenvalue weighted by Crippen LogP contribution is -2.14. The smallest absolute Gasteiger partial charge is 0.183 e. The van der Waals surface area contributed by atoms with Gasteiger partial charge in [-0.05, 0) is 18.6 Å². The Morgan fingerprint density at radius 1 is 1.31 bits per heavy atom. The van der Waals surface area contributed by atoms with Gasteiger partial charge in [0.05, 0.1) is 29.5 Å². The van der Waals surface area contributed by atoms with Gasteiger partial charge < -0.3 is 9.84 Å². The van der Waals surface area contributed by atoms with E-state index in [1.165, 1.54) is 0 Å². The standard InChI is InChI=1S/C11H14O4S/c12-6-7-15-10-8-11(10)16(13,14)9-4-2-1-3-5-9/h1-5,10-12H,6-8H2. The van der Waals surface area contributed by atoms with Gasteiger partial charge in [-0.2, -0.15) is 0 Å². The Balaban J connectivity index is 2.06. The summed E-state index contributed by atoms with van der Waals surface area (Å²) in [5.41, 5.74) is 0. The summed E-state index contributed by atoms with van der Waals surface area (Å²) in [6, 6.07) is 8.39. The molecule has 5 heteroatoms. The van der Waals surface area contributed by atoms with E-state index in [4.69, 9.17) is 9.84 Å². The average molecular weight is 242 g/mol. The van der Waals surface area contributed by atoms with Crippen molar-refractivity contribution in [1.29, 1.82) is 0 Å². The summed E-state index contributed by atoms with van der Waals surface area (Å²) in [4.78, 5) is 0.343. The van der Waals surface area contributed by atoms with Gasteiger partial charge in [-0.3, -0.25) is 0 Å². The molecule has 2 atom stereocenters. The quantitative estimate of drug-likeness (QED) is 0.821. The van der Waals surface area contributed by atoms with Crippen LogP contribution in [0.5, 0.6) is 0 Å². The molecule has 1 saturated carbocycles. The normalized spacial score (nSPS) is 24.3. The van der Waals surface area contributed by atoms with E-state index in [0.29, 0.717) is 11.3 Å². The van der Waals surface area contributed by atoms with Crippen molar-refractivity contribution in [2.24, 2.45) is 0 Å². The Morgan fingerprint density at radius 3 is 2.62 bits per heavy atom. The SMILES string of the molecule is O=S(=O)(c1ccccc1)C1CC1OCCO. The monoisotopic (exact) mass is 242 g/mol. The number of sulfone groups is 1. The number of ether oxygens (including phenoxy) is 1. The number of rotatable bonds is 5. The molecule has 1 fully saturated rings. The maximum Gasteiger partial charge on any atom is 0.183 e. The van der Waals surface area contributed by atoms with Crippen LogP contribution in [-0.4, -0.2) is 38.1 Å². The minimum atomic E-state index is -3.25. The van der Waals surface area contributed by atoms with Crippen molar-refractivity contribution in [3.63, 3.8) is 0 Å². The molecule has 4 nitrogen and oxygen atoms in total. The Bertz CT molecular complexity index is 440. The maximum absolute atomic E-state index is 12.0. The van der Waals surface area contributed by atoms with Crippen molar-refractivity contribution in [3.05, 3.63) is 30.3 Å². The van der Waals surface area contributed by atoms with Crippen molar-refractivity contribution in [2.45, 2.75) is 22.7 Å². The van der Waals surface area contributed by atoms with Crippen LogP contribution in [0.1, 0.15) is 6.42 Å². The second kappa shape index (κ2) is 4.53. The number of aliphatic hydroxyl groups is 1. The summed E-state index contributed by atoms with van der Waals surface area (Å²) < 4.78 is 29.2. The first-order chi connectivity index (χ1) is 7.66. The molecule has 0 bridgehead atoms. The molecule has 16 heavy (non-hydrogen) atoms. The van der Waals surface area contributed by atoms with Gasteiger partial charge in [0, 0.05) is 0 Å². The van der Waals surface area contributed by atoms with Crippen LogP contribution in [0.25, 0.3) is 0 Å². The third-order valence-corrected chi connectivity index (χ3v) is 4.79. The highest BCUT2D eigenvalue weighted by Gasteiger charge is 2.48. The summed E-state index contributed by atoms with van der Waals surface area (Å²) in [6.07, 6.45) is 0.273. The van der Waals surface area contributed by atoms with Crippen molar-refractivity contribution in [2.75, 3.05) is 13.2 Å². The van der Waals surface area contributed by atoms with Gasteiger partial charge >= 0.3 is 0 Å². The van der Waals surface area contributed by atoms with E-state index in [1.807, 2.05) is 0 Å². The predicted molar refractivity (Wildman–Crippen MR) is 58.9 cm³/mol. The summed E-state index contributed by atoms with van der Waals surface area (Å²) in [5.74, 6) is 0. The minimum absolute atomic E-state index is 0.0748. The van der Waals surface area contributed by atoms with Crippen molar-refractivity contribution < 1.29 is 18.3 Å². The molecule has 1 aliphatic rings. The first-order valence-corrected chi connectivity index (χ1v) is 6.72. The molecule has 2 unspecified atom stereocenters. The number of hydrogen-bond acceptors (Lipinski definition) is 4. The molecule has 0 saturated heterocycles. The lowest BCUT2D eigenvalue weighted by Gasteiger charge is -2.03. The Morgan fingerprint density at radius 2 is 2.00 bits per heavy atom. The summed E-state index contributed by atoms with van der Waals surface area (Å²) in [6.45, 7) is 0.125. The molecule has 0 aliphatic heterocycles. The highest BCUT2D eigenvalue weighted by molar-refractivity contribution is 7.92. The molecule has 1 N–H and O–H groups in total. The molecule has 0 spiro atoms. The van der Waals surface area contributed by atoms with Crippen LogP contribution in [-0.2, 0) is 14.6 Å². The van der Waals surface area contributed by atoms with Crippen molar-refractivity contribution >= 4 is 9.84 Å². The van der Waals surface area contributed by atoms with Gasteiger partial charge in [-0.1, -0.05) is 18.2 Å². The first-order valence-electron chi connectivity index (χ1n) is 5.17. The molecule has 1 aromatic carbocycles. The van der Waals surface area contributed by atoms with E-state index < -0.39 is 15.1 Å². The van der Waals surface area contributed by atoms with E-state index >= 15 is 0 Å². The molecular formula is C11H14O4S. The maximum atomic E-state index is 12.0. The number of benzene rings is 1. The van der Waals surface area contributed by atoms with E-state index in [1.54, 1.807) is 30.3 Å². The van der Waals surface area contributed by atoms with Crippen LogP contribution in [0, 0.1) is 0 Å². The Labute approximate surface area is 94.8 Å². The van der Waals surface area contributed by atoms with E-state index in [-0.39, 0.29) is 19.3 Å². The highest BCUT2D eigenvalue weighted by Crippen LogP contribution is 2.36. The summed E-state index contributed by atoms with van der Waals surface area (Å²) in [7, 11) is -3.25. The Kier molecular flexibility index (Phi) is 3.28. The van der Waals surface area contributed by atoms with Gasteiger partial charge in [0.15, 0.2) is 9.84 Å². The highest BCUT2D eigenvalue weighted by atomic mass is 32.2. The fourth-order valence-electron chi connectivity index (χ4n) is 1.64. The molecule has 1 aliphatic carbocycles. The van der Waals surface area contributed by atoms with Gasteiger partial charge in [-0.25, -0.2) is 8.42 Å². The largest absolute Gasteiger partial charge is 0.394 e. The zero-order chi connectivity index (χ0) is 11.6. The van der Waals surface area contributed by atoms with Crippen molar-refractivity contribution in [3.8, 4) is 0 Å². The van der Waals surface area contributed by atoms with Crippen LogP contribution < -0.4 is 0 Å². The second-order valence-electron chi connectivity index (χ2n) is 3.77. The third kappa shape index (κ3) is 2.26. The van der Waals surface area contributed by atoms with E-state index in [2.05, 4.69) is 0 Å². The molecule has 88 valence electrons. The van der Waals surface area contributed by atoms with Crippen LogP contribution in [0.15, 0.2) is 35.2 Å². The zero-order valence-corrected chi connectivity index (χ0v) is 9.56. The summed E-state index contributed by atoms with van der Waals surface area (Å²) in [5, 5.41) is 8.13. The van der Waals surface area contributed by atoms with Crippen LogP contribution in [0.2, 0.25) is 0 Å². The average Bonchev–Trinajstić information content (AvgIpc) is 3.07. The minimum Gasteiger partial charge on any atom is -0.394 e. The molecule has 0 radical (unpaired) electrons. The number of aliphatic hydroxyl groups excluding tert-OH is 1. The zero-order valence-electron chi connectivity index (χ0n) is 8.74. The van der Waals surface area contributed by atoms with Gasteiger partial charge in [-0.15, -0.1) is 0 Å².